The second-order valence-corrected chi connectivity index (χ2v) is 6.86. The van der Waals surface area contributed by atoms with E-state index in [0.29, 0.717) is 33.3 Å². The summed E-state index contributed by atoms with van der Waals surface area (Å²) in [5, 5.41) is 1.24. The summed E-state index contributed by atoms with van der Waals surface area (Å²) in [6.07, 6.45) is 1.63. The molecule has 0 aliphatic carbocycles. The summed E-state index contributed by atoms with van der Waals surface area (Å²) < 4.78 is 1.51. The average molecular weight is 372 g/mol. The van der Waals surface area contributed by atoms with Crippen molar-refractivity contribution in [1.29, 1.82) is 0 Å². The lowest BCUT2D eigenvalue weighted by Crippen LogP contribution is -2.17. The molecule has 0 fully saturated rings. The number of para-hydroxylation sites is 2. The van der Waals surface area contributed by atoms with Crippen molar-refractivity contribution in [3.8, 4) is 0 Å². The van der Waals surface area contributed by atoms with Gasteiger partial charge in [0.15, 0.2) is 5.82 Å². The van der Waals surface area contributed by atoms with Crippen LogP contribution in [-0.2, 0) is 0 Å². The number of amidine groups is 1. The monoisotopic (exact) mass is 372 g/mol. The first-order chi connectivity index (χ1) is 13.5. The van der Waals surface area contributed by atoms with Crippen LogP contribution in [0.25, 0.3) is 27.6 Å². The highest BCUT2D eigenvalue weighted by Gasteiger charge is 2.13. The van der Waals surface area contributed by atoms with Crippen LogP contribution in [-0.4, -0.2) is 20.2 Å². The Hall–Kier alpha value is -3.74. The lowest BCUT2D eigenvalue weighted by molar-refractivity contribution is 0.758. The Kier molecular flexibility index (Phi) is 4.27. The number of rotatable bonds is 3. The van der Waals surface area contributed by atoms with E-state index in [0.717, 1.165) is 0 Å². The van der Waals surface area contributed by atoms with Gasteiger partial charge in [0.05, 0.1) is 16.4 Å². The van der Waals surface area contributed by atoms with Crippen molar-refractivity contribution in [2.24, 2.45) is 22.4 Å². The fraction of sp³-hybridized carbons (Fsp3) is 0.143. The van der Waals surface area contributed by atoms with Crippen LogP contribution in [0.1, 0.15) is 13.8 Å². The zero-order chi connectivity index (χ0) is 19.8. The average Bonchev–Trinajstić information content (AvgIpc) is 2.68. The Morgan fingerprint density at radius 1 is 1.04 bits per heavy atom. The smallest absolute Gasteiger partial charge is 0.267 e. The van der Waals surface area contributed by atoms with Gasteiger partial charge in [-0.3, -0.25) is 4.79 Å². The molecule has 28 heavy (non-hydrogen) atoms. The van der Waals surface area contributed by atoms with E-state index in [4.69, 9.17) is 11.5 Å². The van der Waals surface area contributed by atoms with Gasteiger partial charge < -0.3 is 11.5 Å². The summed E-state index contributed by atoms with van der Waals surface area (Å²) >= 11 is 0. The molecule has 2 heterocycles. The fourth-order valence-corrected chi connectivity index (χ4v) is 3.00. The van der Waals surface area contributed by atoms with Gasteiger partial charge in [0, 0.05) is 11.1 Å². The van der Waals surface area contributed by atoms with Crippen LogP contribution in [0.4, 0.5) is 5.82 Å². The predicted octanol–water partition coefficient (Wildman–Crippen LogP) is 2.88. The number of hydrogen-bond donors (Lipinski definition) is 2. The summed E-state index contributed by atoms with van der Waals surface area (Å²) in [5.74, 6) is 1.07. The standard InChI is InChI=1S/C21H20N6O/c1-12(2)15(22)11-18(23)25-19-14-8-4-6-10-17(14)27-20(28)13-7-3-5-9-16(13)24-21(27)26-19/h3-12H,22H2,1-2H3,(H2,23,24,25,26). The van der Waals surface area contributed by atoms with Crippen molar-refractivity contribution in [3.63, 3.8) is 0 Å². The van der Waals surface area contributed by atoms with Crippen LogP contribution in [0.15, 0.2) is 70.1 Å². The van der Waals surface area contributed by atoms with Gasteiger partial charge in [0.1, 0.15) is 5.84 Å². The molecule has 4 aromatic rings. The molecule has 0 bridgehead atoms. The predicted molar refractivity (Wildman–Crippen MR) is 113 cm³/mol. The van der Waals surface area contributed by atoms with Crippen LogP contribution >= 0.6 is 0 Å². The van der Waals surface area contributed by atoms with Crippen molar-refractivity contribution in [3.05, 3.63) is 70.7 Å². The molecule has 0 aliphatic heterocycles. The zero-order valence-electron chi connectivity index (χ0n) is 15.6. The number of nitrogens with two attached hydrogens (primary N) is 2. The minimum absolute atomic E-state index is 0.154. The molecular weight excluding hydrogens is 352 g/mol. The van der Waals surface area contributed by atoms with E-state index >= 15 is 0 Å². The molecule has 0 amide bonds. The Bertz CT molecular complexity index is 1330. The highest BCUT2D eigenvalue weighted by molar-refractivity contribution is 5.98. The van der Waals surface area contributed by atoms with E-state index in [1.807, 2.05) is 50.2 Å². The molecule has 4 N–H and O–H groups in total. The number of allylic oxidation sites excluding steroid dienone is 1. The highest BCUT2D eigenvalue weighted by atomic mass is 16.1. The molecule has 2 aromatic carbocycles. The van der Waals surface area contributed by atoms with Gasteiger partial charge in [0.2, 0.25) is 5.78 Å². The molecule has 2 aromatic heterocycles. The van der Waals surface area contributed by atoms with E-state index in [2.05, 4.69) is 15.0 Å². The van der Waals surface area contributed by atoms with Crippen molar-refractivity contribution in [2.75, 3.05) is 0 Å². The summed E-state index contributed by atoms with van der Waals surface area (Å²) in [6.45, 7) is 3.95. The third-order valence-corrected chi connectivity index (χ3v) is 4.57. The number of aromatic nitrogens is 3. The lowest BCUT2D eigenvalue weighted by Gasteiger charge is -2.09. The molecule has 140 valence electrons. The maximum absolute atomic E-state index is 13.1. The van der Waals surface area contributed by atoms with Crippen molar-refractivity contribution in [2.45, 2.75) is 13.8 Å². The topological polar surface area (TPSA) is 112 Å². The quantitative estimate of drug-likeness (QED) is 0.249. The highest BCUT2D eigenvalue weighted by Crippen LogP contribution is 2.25. The minimum Gasteiger partial charge on any atom is -0.402 e. The first kappa shape index (κ1) is 17.7. The lowest BCUT2D eigenvalue weighted by atomic mass is 10.1. The molecule has 7 nitrogen and oxygen atoms in total. The molecule has 7 heteroatoms. The largest absolute Gasteiger partial charge is 0.402 e. The van der Waals surface area contributed by atoms with E-state index in [1.165, 1.54) is 4.40 Å². The molecule has 4 rings (SSSR count). The second-order valence-electron chi connectivity index (χ2n) is 6.86. The Morgan fingerprint density at radius 3 is 2.46 bits per heavy atom. The number of hydrogen-bond acceptors (Lipinski definition) is 5. The maximum atomic E-state index is 13.1. The van der Waals surface area contributed by atoms with Gasteiger partial charge in [-0.1, -0.05) is 38.1 Å². The van der Waals surface area contributed by atoms with Crippen LogP contribution in [0.3, 0.4) is 0 Å². The van der Waals surface area contributed by atoms with Gasteiger partial charge >= 0.3 is 0 Å². The molecule has 0 saturated carbocycles. The zero-order valence-corrected chi connectivity index (χ0v) is 15.6. The van der Waals surface area contributed by atoms with E-state index in [1.54, 1.807) is 18.2 Å². The van der Waals surface area contributed by atoms with Gasteiger partial charge in [-0.2, -0.15) is 4.98 Å². The number of aliphatic imine (C=N–C) groups is 1. The molecule has 0 unspecified atom stereocenters. The van der Waals surface area contributed by atoms with Crippen molar-refractivity contribution < 1.29 is 0 Å². The third-order valence-electron chi connectivity index (χ3n) is 4.57. The van der Waals surface area contributed by atoms with E-state index < -0.39 is 0 Å². The molecule has 0 atom stereocenters. The summed E-state index contributed by atoms with van der Waals surface area (Å²) in [7, 11) is 0. The molecule has 0 spiro atoms. The Morgan fingerprint density at radius 2 is 1.71 bits per heavy atom. The SMILES string of the molecule is CC(C)C(N)=CC(N)=Nc1nc2nc3ccccc3c(=O)n2c2ccccc12. The first-order valence-electron chi connectivity index (χ1n) is 8.97. The van der Waals surface area contributed by atoms with Crippen molar-refractivity contribution >= 4 is 39.2 Å². The van der Waals surface area contributed by atoms with E-state index in [9.17, 15) is 4.79 Å². The fourth-order valence-electron chi connectivity index (χ4n) is 3.00. The molecule has 0 saturated heterocycles. The normalized spacial score (nSPS) is 13.1. The number of fused-ring (bicyclic) bond motifs is 4. The Balaban J connectivity index is 2.06. The van der Waals surface area contributed by atoms with Gasteiger partial charge in [-0.15, -0.1) is 0 Å². The summed E-state index contributed by atoms with van der Waals surface area (Å²) in [6, 6.07) is 14.6. The van der Waals surface area contributed by atoms with Crippen LogP contribution in [0.2, 0.25) is 0 Å². The van der Waals surface area contributed by atoms with E-state index in [-0.39, 0.29) is 23.1 Å². The van der Waals surface area contributed by atoms with Crippen molar-refractivity contribution in [1.82, 2.24) is 14.4 Å². The van der Waals surface area contributed by atoms with Crippen LogP contribution in [0, 0.1) is 5.92 Å². The van der Waals surface area contributed by atoms with Gasteiger partial charge in [-0.05, 0) is 36.3 Å². The molecule has 0 radical (unpaired) electrons. The summed E-state index contributed by atoms with van der Waals surface area (Å²) in [5.41, 5.74) is 13.8. The number of benzene rings is 2. The second kappa shape index (κ2) is 6.77. The van der Waals surface area contributed by atoms with Gasteiger partial charge in [0.25, 0.3) is 5.56 Å². The third kappa shape index (κ3) is 2.96. The van der Waals surface area contributed by atoms with Crippen LogP contribution < -0.4 is 17.0 Å². The molecular formula is C21H20N6O. The maximum Gasteiger partial charge on any atom is 0.267 e. The van der Waals surface area contributed by atoms with Gasteiger partial charge in [-0.25, -0.2) is 14.4 Å². The minimum atomic E-state index is -0.170. The number of nitrogens with zero attached hydrogens (tertiary/aromatic N) is 4. The summed E-state index contributed by atoms with van der Waals surface area (Å²) in [4.78, 5) is 26.6. The first-order valence-corrected chi connectivity index (χ1v) is 8.97. The van der Waals surface area contributed by atoms with Crippen LogP contribution in [0.5, 0.6) is 0 Å². The Labute approximate surface area is 161 Å². The molecule has 0 aliphatic rings.